The quantitative estimate of drug-likeness (QED) is 0.762. The van der Waals surface area contributed by atoms with Crippen LogP contribution in [0.4, 0.5) is 4.79 Å². The maximum absolute atomic E-state index is 11.3. The zero-order chi connectivity index (χ0) is 13.8. The molecule has 1 saturated carbocycles. The fourth-order valence-electron chi connectivity index (χ4n) is 4.24. The topological polar surface area (TPSA) is 58.4 Å². The number of fused-ring (bicyclic) bond motifs is 1. The Hall–Kier alpha value is -1.45. The highest BCUT2D eigenvalue weighted by molar-refractivity contribution is 5.76. The third kappa shape index (κ3) is 1.77. The van der Waals surface area contributed by atoms with Crippen molar-refractivity contribution in [3.05, 3.63) is 22.5 Å². The number of hydrogen-bond donors (Lipinski definition) is 2. The van der Waals surface area contributed by atoms with Gasteiger partial charge in [-0.3, -0.25) is 0 Å². The van der Waals surface area contributed by atoms with E-state index in [1.807, 2.05) is 0 Å². The number of nitrogens with two attached hydrogens (primary N) is 1. The number of allylic oxidation sites excluding steroid dienone is 2. The fourth-order valence-corrected chi connectivity index (χ4v) is 4.24. The van der Waals surface area contributed by atoms with E-state index >= 15 is 0 Å². The Bertz CT molecular complexity index is 502. The molecule has 104 valence electrons. The third-order valence-corrected chi connectivity index (χ3v) is 4.98. The van der Waals surface area contributed by atoms with Crippen LogP contribution in [0.15, 0.2) is 22.5 Å². The number of likely N-dealkylation sites (N-methyl/N-ethyl adjacent to an activating group) is 1. The Balaban J connectivity index is 2.11. The lowest BCUT2D eigenvalue weighted by Gasteiger charge is -2.42. The van der Waals surface area contributed by atoms with E-state index in [1.165, 1.54) is 29.7 Å². The fraction of sp³-hybridized carbons (Fsp3) is 0.667. The minimum absolute atomic E-state index is 0.260. The van der Waals surface area contributed by atoms with Crippen molar-refractivity contribution in [3.63, 3.8) is 0 Å². The van der Waals surface area contributed by atoms with Gasteiger partial charge in [-0.15, -0.1) is 0 Å². The maximum atomic E-state index is 11.3. The molecule has 0 saturated heterocycles. The largest absolute Gasteiger partial charge is 0.370 e. The van der Waals surface area contributed by atoms with Crippen molar-refractivity contribution >= 4 is 6.03 Å². The smallest absolute Gasteiger partial charge is 0.316 e. The van der Waals surface area contributed by atoms with E-state index in [-0.39, 0.29) is 5.41 Å². The van der Waals surface area contributed by atoms with E-state index in [0.717, 1.165) is 25.0 Å². The van der Waals surface area contributed by atoms with Crippen molar-refractivity contribution in [3.8, 4) is 0 Å². The van der Waals surface area contributed by atoms with Gasteiger partial charge in [-0.25, -0.2) is 4.79 Å². The van der Waals surface area contributed by atoms with E-state index in [4.69, 9.17) is 5.73 Å². The molecular weight excluding hydrogens is 238 g/mol. The zero-order valence-corrected chi connectivity index (χ0v) is 12.0. The molecule has 0 aromatic rings. The summed E-state index contributed by atoms with van der Waals surface area (Å²) in [6, 6.07) is -0.0274. The van der Waals surface area contributed by atoms with E-state index in [1.54, 1.807) is 0 Å². The summed E-state index contributed by atoms with van der Waals surface area (Å²) in [4.78, 5) is 13.8. The molecule has 0 aromatic heterocycles. The lowest BCUT2D eigenvalue weighted by atomic mass is 9.82. The van der Waals surface area contributed by atoms with Gasteiger partial charge in [0.2, 0.25) is 0 Å². The average Bonchev–Trinajstić information content (AvgIpc) is 2.88. The molecule has 19 heavy (non-hydrogen) atoms. The third-order valence-electron chi connectivity index (χ3n) is 4.98. The predicted octanol–water partition coefficient (Wildman–Crippen LogP) is 2.48. The summed E-state index contributed by atoms with van der Waals surface area (Å²) in [6.45, 7) is 4.65. The van der Waals surface area contributed by atoms with Crippen molar-refractivity contribution in [2.24, 2.45) is 11.1 Å². The molecule has 1 aliphatic heterocycles. The Morgan fingerprint density at radius 3 is 2.79 bits per heavy atom. The molecule has 3 aliphatic rings. The van der Waals surface area contributed by atoms with Gasteiger partial charge in [-0.1, -0.05) is 13.8 Å². The first kappa shape index (κ1) is 12.6. The highest BCUT2D eigenvalue weighted by Gasteiger charge is 2.46. The van der Waals surface area contributed by atoms with Crippen LogP contribution in [0.2, 0.25) is 0 Å². The molecule has 1 unspecified atom stereocenters. The monoisotopic (exact) mass is 261 g/mol. The molecule has 1 heterocycles. The summed E-state index contributed by atoms with van der Waals surface area (Å²) in [5, 5.41) is 2.92. The molecule has 2 aliphatic carbocycles. The lowest BCUT2D eigenvalue weighted by molar-refractivity contribution is 0.189. The van der Waals surface area contributed by atoms with E-state index in [2.05, 4.69) is 31.1 Å². The van der Waals surface area contributed by atoms with Crippen LogP contribution < -0.4 is 11.1 Å². The minimum Gasteiger partial charge on any atom is -0.370 e. The average molecular weight is 261 g/mol. The minimum atomic E-state index is -0.436. The van der Waals surface area contributed by atoms with Crippen LogP contribution in [0.25, 0.3) is 0 Å². The molecular formula is C15H23N3O. The van der Waals surface area contributed by atoms with Crippen LogP contribution in [-0.2, 0) is 0 Å². The van der Waals surface area contributed by atoms with Gasteiger partial charge in [0.25, 0.3) is 0 Å². The Morgan fingerprint density at radius 2 is 2.11 bits per heavy atom. The number of urea groups is 1. The van der Waals surface area contributed by atoms with E-state index < -0.39 is 6.03 Å². The number of carbonyl (C=O) groups excluding carboxylic acids is 1. The summed E-state index contributed by atoms with van der Waals surface area (Å²) in [7, 11) is 2.21. The van der Waals surface area contributed by atoms with Crippen molar-refractivity contribution in [2.75, 3.05) is 7.05 Å². The van der Waals surface area contributed by atoms with Gasteiger partial charge in [-0.05, 0) is 48.7 Å². The Morgan fingerprint density at radius 1 is 1.37 bits per heavy atom. The first-order valence-corrected chi connectivity index (χ1v) is 7.16. The maximum Gasteiger partial charge on any atom is 0.316 e. The SMILES string of the molecule is CN1C2=C(CCC2)C(NC(N)=O)=C2CCC(C)(C)C21. The Labute approximate surface area is 114 Å². The van der Waals surface area contributed by atoms with Gasteiger partial charge in [0.15, 0.2) is 0 Å². The van der Waals surface area contributed by atoms with Crippen molar-refractivity contribution < 1.29 is 4.79 Å². The summed E-state index contributed by atoms with van der Waals surface area (Å²) in [5.74, 6) is 0. The molecule has 3 N–H and O–H groups in total. The standard InChI is InChI=1S/C15H23N3O/c1-15(2)8-7-10-12(17-14(16)19)9-5-4-6-11(9)18(3)13(10)15/h13H,4-8H2,1-3H3,(H3,16,17,19). The van der Waals surface area contributed by atoms with Gasteiger partial charge in [-0.2, -0.15) is 0 Å². The van der Waals surface area contributed by atoms with Crippen molar-refractivity contribution in [2.45, 2.75) is 52.0 Å². The second-order valence-corrected chi connectivity index (χ2v) is 6.67. The first-order valence-electron chi connectivity index (χ1n) is 7.16. The van der Waals surface area contributed by atoms with Crippen LogP contribution >= 0.6 is 0 Å². The van der Waals surface area contributed by atoms with Crippen molar-refractivity contribution in [1.82, 2.24) is 10.2 Å². The molecule has 2 amide bonds. The first-order chi connectivity index (χ1) is 8.92. The van der Waals surface area contributed by atoms with Gasteiger partial charge in [0.1, 0.15) is 0 Å². The van der Waals surface area contributed by atoms with Gasteiger partial charge in [0, 0.05) is 18.4 Å². The highest BCUT2D eigenvalue weighted by atomic mass is 16.2. The molecule has 1 atom stereocenters. The molecule has 4 nitrogen and oxygen atoms in total. The number of nitrogens with one attached hydrogen (secondary N) is 1. The van der Waals surface area contributed by atoms with Gasteiger partial charge < -0.3 is 16.0 Å². The normalized spacial score (nSPS) is 28.6. The van der Waals surface area contributed by atoms with Crippen LogP contribution in [0.3, 0.4) is 0 Å². The number of primary amides is 1. The molecule has 4 heteroatoms. The molecule has 0 spiro atoms. The molecule has 3 rings (SSSR count). The number of hydrogen-bond acceptors (Lipinski definition) is 2. The second-order valence-electron chi connectivity index (χ2n) is 6.67. The molecule has 0 bridgehead atoms. The van der Waals surface area contributed by atoms with E-state index in [9.17, 15) is 4.79 Å². The van der Waals surface area contributed by atoms with Crippen LogP contribution in [0.5, 0.6) is 0 Å². The van der Waals surface area contributed by atoms with Crippen LogP contribution in [0.1, 0.15) is 46.0 Å². The van der Waals surface area contributed by atoms with Crippen LogP contribution in [0, 0.1) is 5.41 Å². The summed E-state index contributed by atoms with van der Waals surface area (Å²) >= 11 is 0. The van der Waals surface area contributed by atoms with Gasteiger partial charge in [0.05, 0.1) is 6.04 Å². The second kappa shape index (κ2) is 4.02. The number of carbonyl (C=O) groups is 1. The van der Waals surface area contributed by atoms with Crippen LogP contribution in [-0.4, -0.2) is 24.0 Å². The summed E-state index contributed by atoms with van der Waals surface area (Å²) < 4.78 is 0. The summed E-state index contributed by atoms with van der Waals surface area (Å²) in [5.41, 5.74) is 10.8. The van der Waals surface area contributed by atoms with Crippen molar-refractivity contribution in [1.29, 1.82) is 0 Å². The Kier molecular flexibility index (Phi) is 2.66. The van der Waals surface area contributed by atoms with Gasteiger partial charge >= 0.3 is 6.03 Å². The number of nitrogens with zero attached hydrogens (tertiary/aromatic N) is 1. The lowest BCUT2D eigenvalue weighted by Crippen LogP contribution is -2.44. The number of rotatable bonds is 1. The number of amides is 2. The summed E-state index contributed by atoms with van der Waals surface area (Å²) in [6.07, 6.45) is 5.59. The predicted molar refractivity (Wildman–Crippen MR) is 75.2 cm³/mol. The molecule has 0 radical (unpaired) electrons. The highest BCUT2D eigenvalue weighted by Crippen LogP contribution is 2.51. The van der Waals surface area contributed by atoms with E-state index in [0.29, 0.717) is 6.04 Å². The molecule has 1 fully saturated rings. The zero-order valence-electron chi connectivity index (χ0n) is 12.0. The molecule has 0 aromatic carbocycles.